The molecule has 0 aromatic heterocycles. The number of allylic oxidation sites excluding steroid dienone is 4. The molecule has 2 aliphatic heterocycles. The molecule has 1 fully saturated rings. The van der Waals surface area contributed by atoms with Crippen LogP contribution >= 0.6 is 0 Å². The molecule has 2 rings (SSSR count). The van der Waals surface area contributed by atoms with Gasteiger partial charge in [-0.1, -0.05) is 37.1 Å². The summed E-state index contributed by atoms with van der Waals surface area (Å²) in [5.74, 6) is 0. The average molecular weight is 177 g/mol. The van der Waals surface area contributed by atoms with E-state index in [0.29, 0.717) is 0 Å². The Morgan fingerprint density at radius 3 is 2.75 bits per heavy atom. The number of nitrogens with one attached hydrogen (secondary N) is 1. The van der Waals surface area contributed by atoms with Gasteiger partial charge in [0.05, 0.1) is 8.80 Å². The van der Waals surface area contributed by atoms with Crippen LogP contribution in [0.15, 0.2) is 35.8 Å². The van der Waals surface area contributed by atoms with E-state index in [0.717, 1.165) is 0 Å². The highest BCUT2D eigenvalue weighted by atomic mass is 28.3. The summed E-state index contributed by atoms with van der Waals surface area (Å²) in [7, 11) is -0.544. The van der Waals surface area contributed by atoms with E-state index in [9.17, 15) is 0 Å². The van der Waals surface area contributed by atoms with Gasteiger partial charge in [0, 0.05) is 6.20 Å². The van der Waals surface area contributed by atoms with Gasteiger partial charge in [-0.05, 0) is 17.5 Å². The van der Waals surface area contributed by atoms with Crippen LogP contribution in [-0.4, -0.2) is 8.80 Å². The number of hydrogen-bond donors (Lipinski definition) is 1. The third-order valence-electron chi connectivity index (χ3n) is 2.64. The second-order valence-corrected chi connectivity index (χ2v) is 6.66. The quantitative estimate of drug-likeness (QED) is 0.605. The van der Waals surface area contributed by atoms with Crippen molar-refractivity contribution in [2.75, 3.05) is 0 Å². The fourth-order valence-corrected chi connectivity index (χ4v) is 5.15. The molecule has 64 valence electrons. The van der Waals surface area contributed by atoms with Gasteiger partial charge in [-0.3, -0.25) is 0 Å². The van der Waals surface area contributed by atoms with Gasteiger partial charge in [0.2, 0.25) is 0 Å². The largest absolute Gasteiger partial charge is 0.369 e. The molecule has 0 aromatic carbocycles. The molecule has 1 N–H and O–H groups in total. The molecule has 0 unspecified atom stereocenters. The van der Waals surface area contributed by atoms with E-state index < -0.39 is 8.80 Å². The maximum Gasteiger partial charge on any atom is 0.0914 e. The Hall–Kier alpha value is -0.763. The van der Waals surface area contributed by atoms with Gasteiger partial charge in [-0.25, -0.2) is 0 Å². The van der Waals surface area contributed by atoms with Gasteiger partial charge in [-0.15, -0.1) is 0 Å². The zero-order chi connectivity index (χ0) is 8.23. The molecule has 0 spiro atoms. The Balaban J connectivity index is 2.06. The lowest BCUT2D eigenvalue weighted by atomic mass is 10.4. The van der Waals surface area contributed by atoms with Gasteiger partial charge >= 0.3 is 0 Å². The van der Waals surface area contributed by atoms with E-state index in [1.165, 1.54) is 30.3 Å². The third-order valence-corrected chi connectivity index (χ3v) is 6.09. The lowest BCUT2D eigenvalue weighted by molar-refractivity contribution is 0.935. The molecule has 1 nitrogen and oxygen atoms in total. The Labute approximate surface area is 75.5 Å². The molecule has 0 saturated carbocycles. The van der Waals surface area contributed by atoms with Gasteiger partial charge in [0.1, 0.15) is 0 Å². The lowest BCUT2D eigenvalue weighted by Crippen LogP contribution is -2.20. The molecular weight excluding hydrogens is 162 g/mol. The third kappa shape index (κ3) is 1.69. The molecule has 0 atom stereocenters. The fraction of sp³-hybridized carbons (Fsp3) is 0.400. The van der Waals surface area contributed by atoms with Crippen LogP contribution in [0.1, 0.15) is 12.8 Å². The molecule has 2 heteroatoms. The Kier molecular flexibility index (Phi) is 2.47. The molecule has 2 aliphatic rings. The zero-order valence-corrected chi connectivity index (χ0v) is 8.45. The summed E-state index contributed by atoms with van der Waals surface area (Å²) in [6, 6.07) is 3.00. The van der Waals surface area contributed by atoms with E-state index in [4.69, 9.17) is 0 Å². The molecule has 0 amide bonds. The standard InChI is InChI=1S/C10H15NSi/c1-2-6-10(11-7-3-1)12-8-4-5-9-12/h1-3,6-7,11-12H,4-5,8-9H2. The maximum absolute atomic E-state index is 3.40. The first-order valence-corrected chi connectivity index (χ1v) is 6.98. The van der Waals surface area contributed by atoms with Crippen LogP contribution in [0.25, 0.3) is 0 Å². The van der Waals surface area contributed by atoms with Crippen molar-refractivity contribution < 1.29 is 0 Å². The molecule has 2 heterocycles. The summed E-state index contributed by atoms with van der Waals surface area (Å²) >= 11 is 0. The second-order valence-electron chi connectivity index (χ2n) is 3.49. The summed E-state index contributed by atoms with van der Waals surface area (Å²) in [6.07, 6.45) is 13.5. The van der Waals surface area contributed by atoms with Crippen LogP contribution in [0.2, 0.25) is 12.1 Å². The van der Waals surface area contributed by atoms with Crippen LogP contribution in [-0.2, 0) is 0 Å². The van der Waals surface area contributed by atoms with Crippen molar-refractivity contribution in [2.45, 2.75) is 24.9 Å². The van der Waals surface area contributed by atoms with E-state index >= 15 is 0 Å². The van der Waals surface area contributed by atoms with E-state index in [1.54, 1.807) is 0 Å². The van der Waals surface area contributed by atoms with Crippen LogP contribution in [0.4, 0.5) is 0 Å². The van der Waals surface area contributed by atoms with Crippen molar-refractivity contribution in [3.8, 4) is 0 Å². The summed E-state index contributed by atoms with van der Waals surface area (Å²) in [6.45, 7) is 0. The normalized spacial score (nSPS) is 23.5. The topological polar surface area (TPSA) is 12.0 Å². The summed E-state index contributed by atoms with van der Waals surface area (Å²) in [5.41, 5.74) is 0. The van der Waals surface area contributed by atoms with Gasteiger partial charge < -0.3 is 5.32 Å². The molecular formula is C10H15NSi. The molecule has 0 aromatic rings. The van der Waals surface area contributed by atoms with Crippen molar-refractivity contribution >= 4 is 8.80 Å². The number of rotatable bonds is 1. The minimum absolute atomic E-state index is 0.544. The predicted molar refractivity (Wildman–Crippen MR) is 55.5 cm³/mol. The smallest absolute Gasteiger partial charge is 0.0914 e. The van der Waals surface area contributed by atoms with Crippen molar-refractivity contribution in [3.05, 3.63) is 35.8 Å². The average Bonchev–Trinajstić information content (AvgIpc) is 2.48. The first kappa shape index (κ1) is 7.86. The Morgan fingerprint density at radius 1 is 1.08 bits per heavy atom. The van der Waals surface area contributed by atoms with Crippen LogP contribution in [0.5, 0.6) is 0 Å². The van der Waals surface area contributed by atoms with E-state index in [-0.39, 0.29) is 0 Å². The Bertz CT molecular complexity index is 234. The summed E-state index contributed by atoms with van der Waals surface area (Å²) in [4.78, 5) is 0. The van der Waals surface area contributed by atoms with Crippen molar-refractivity contribution in [2.24, 2.45) is 0 Å². The highest BCUT2D eigenvalue weighted by Crippen LogP contribution is 2.23. The van der Waals surface area contributed by atoms with Crippen molar-refractivity contribution in [1.82, 2.24) is 5.32 Å². The van der Waals surface area contributed by atoms with Crippen molar-refractivity contribution in [1.29, 1.82) is 0 Å². The van der Waals surface area contributed by atoms with Crippen molar-refractivity contribution in [3.63, 3.8) is 0 Å². The highest BCUT2D eigenvalue weighted by molar-refractivity contribution is 6.67. The second kappa shape index (κ2) is 3.76. The first-order chi connectivity index (χ1) is 5.97. The van der Waals surface area contributed by atoms with Crippen LogP contribution in [0, 0.1) is 0 Å². The fourth-order valence-electron chi connectivity index (χ4n) is 1.96. The zero-order valence-electron chi connectivity index (χ0n) is 7.29. The molecule has 0 bridgehead atoms. The lowest BCUT2D eigenvalue weighted by Gasteiger charge is -2.11. The van der Waals surface area contributed by atoms with E-state index in [1.807, 2.05) is 0 Å². The molecule has 1 saturated heterocycles. The van der Waals surface area contributed by atoms with Crippen LogP contribution in [0.3, 0.4) is 0 Å². The molecule has 0 radical (unpaired) electrons. The first-order valence-electron chi connectivity index (χ1n) is 4.77. The summed E-state index contributed by atoms with van der Waals surface area (Å²) in [5, 5.41) is 4.94. The number of hydrogen-bond acceptors (Lipinski definition) is 1. The minimum atomic E-state index is -0.544. The maximum atomic E-state index is 3.40. The predicted octanol–water partition coefficient (Wildman–Crippen LogP) is 2.10. The molecule has 0 aliphatic carbocycles. The van der Waals surface area contributed by atoms with Gasteiger partial charge in [0.25, 0.3) is 0 Å². The minimum Gasteiger partial charge on any atom is -0.369 e. The highest BCUT2D eigenvalue weighted by Gasteiger charge is 2.20. The van der Waals surface area contributed by atoms with Crippen LogP contribution < -0.4 is 5.32 Å². The Morgan fingerprint density at radius 2 is 1.92 bits per heavy atom. The SMILES string of the molecule is C1=CC=C([SiH]2CCCC2)NC=C1. The molecule has 12 heavy (non-hydrogen) atoms. The summed E-state index contributed by atoms with van der Waals surface area (Å²) < 4.78 is 0. The van der Waals surface area contributed by atoms with Gasteiger partial charge in [0.15, 0.2) is 0 Å². The van der Waals surface area contributed by atoms with Gasteiger partial charge in [-0.2, -0.15) is 0 Å². The van der Waals surface area contributed by atoms with E-state index in [2.05, 4.69) is 35.8 Å². The monoisotopic (exact) mass is 177 g/mol.